The van der Waals surface area contributed by atoms with Crippen molar-refractivity contribution in [2.75, 3.05) is 5.73 Å². The molecule has 0 aliphatic heterocycles. The van der Waals surface area contributed by atoms with Gasteiger partial charge in [-0.2, -0.15) is 0 Å². The third kappa shape index (κ3) is 2.35. The zero-order valence-electron chi connectivity index (χ0n) is 11.9. The zero-order valence-corrected chi connectivity index (χ0v) is 11.9. The van der Waals surface area contributed by atoms with Crippen LogP contribution in [0.25, 0.3) is 0 Å². The Bertz CT molecular complexity index is 688. The molecule has 2 aromatic rings. The van der Waals surface area contributed by atoms with E-state index in [0.29, 0.717) is 16.8 Å². The van der Waals surface area contributed by atoms with Gasteiger partial charge in [-0.15, -0.1) is 0 Å². The highest BCUT2D eigenvalue weighted by atomic mass is 16.2. The number of nitrogens with two attached hydrogens (primary N) is 1. The van der Waals surface area contributed by atoms with Crippen molar-refractivity contribution in [3.05, 3.63) is 64.2 Å². The molecule has 0 aromatic heterocycles. The molecule has 20 heavy (non-hydrogen) atoms. The van der Waals surface area contributed by atoms with E-state index in [0.717, 1.165) is 16.7 Å². The maximum Gasteiger partial charge on any atom is 0.233 e. The minimum atomic E-state index is -0.511. The Balaban J connectivity index is 2.48. The number of ketones is 2. The number of benzene rings is 2. The van der Waals surface area contributed by atoms with E-state index in [1.165, 1.54) is 0 Å². The van der Waals surface area contributed by atoms with Crippen molar-refractivity contribution in [1.82, 2.24) is 0 Å². The second-order valence-corrected chi connectivity index (χ2v) is 4.91. The topological polar surface area (TPSA) is 60.2 Å². The number of carbonyl (C=O) groups excluding carboxylic acids is 2. The van der Waals surface area contributed by atoms with E-state index in [4.69, 9.17) is 5.73 Å². The van der Waals surface area contributed by atoms with Gasteiger partial charge in [0.05, 0.1) is 0 Å². The van der Waals surface area contributed by atoms with Crippen molar-refractivity contribution in [2.45, 2.75) is 20.8 Å². The monoisotopic (exact) mass is 267 g/mol. The molecule has 0 saturated heterocycles. The van der Waals surface area contributed by atoms with Crippen molar-refractivity contribution >= 4 is 17.3 Å². The molecule has 0 fully saturated rings. The largest absolute Gasteiger partial charge is 0.398 e. The predicted molar refractivity (Wildman–Crippen MR) is 80.2 cm³/mol. The summed E-state index contributed by atoms with van der Waals surface area (Å²) < 4.78 is 0. The van der Waals surface area contributed by atoms with Gasteiger partial charge in [0.2, 0.25) is 11.6 Å². The van der Waals surface area contributed by atoms with Crippen molar-refractivity contribution in [3.8, 4) is 0 Å². The van der Waals surface area contributed by atoms with Gasteiger partial charge in [0.15, 0.2) is 0 Å². The molecule has 0 unspecified atom stereocenters. The zero-order chi connectivity index (χ0) is 14.9. The van der Waals surface area contributed by atoms with Gasteiger partial charge in [0.1, 0.15) is 0 Å². The minimum absolute atomic E-state index is 0.388. The quantitative estimate of drug-likeness (QED) is 0.527. The van der Waals surface area contributed by atoms with Crippen LogP contribution in [-0.2, 0) is 0 Å². The third-order valence-electron chi connectivity index (χ3n) is 3.75. The molecule has 3 heteroatoms. The summed E-state index contributed by atoms with van der Waals surface area (Å²) >= 11 is 0. The molecule has 0 saturated carbocycles. The minimum Gasteiger partial charge on any atom is -0.398 e. The Morgan fingerprint density at radius 3 is 2.05 bits per heavy atom. The summed E-state index contributed by atoms with van der Waals surface area (Å²) in [6.07, 6.45) is 0. The summed E-state index contributed by atoms with van der Waals surface area (Å²) in [5, 5.41) is 0. The molecule has 2 aromatic carbocycles. The molecule has 3 nitrogen and oxygen atoms in total. The fourth-order valence-corrected chi connectivity index (χ4v) is 2.15. The van der Waals surface area contributed by atoms with Crippen LogP contribution in [-0.4, -0.2) is 11.6 Å². The summed E-state index contributed by atoms with van der Waals surface area (Å²) in [7, 11) is 0. The van der Waals surface area contributed by atoms with Gasteiger partial charge >= 0.3 is 0 Å². The number of anilines is 1. The molecule has 0 aliphatic rings. The van der Waals surface area contributed by atoms with E-state index in [2.05, 4.69) is 0 Å². The molecule has 0 bridgehead atoms. The molecular formula is C17H17NO2. The Kier molecular flexibility index (Phi) is 3.70. The van der Waals surface area contributed by atoms with Crippen LogP contribution in [0.3, 0.4) is 0 Å². The molecule has 0 radical (unpaired) electrons. The molecule has 0 spiro atoms. The maximum absolute atomic E-state index is 12.4. The second-order valence-electron chi connectivity index (χ2n) is 4.91. The lowest BCUT2D eigenvalue weighted by atomic mass is 9.92. The summed E-state index contributed by atoms with van der Waals surface area (Å²) in [4.78, 5) is 24.6. The third-order valence-corrected chi connectivity index (χ3v) is 3.75. The number of nitrogen functional groups attached to an aromatic ring is 1. The lowest BCUT2D eigenvalue weighted by Gasteiger charge is -2.12. The van der Waals surface area contributed by atoms with Crippen LogP contribution in [0.15, 0.2) is 36.4 Å². The highest BCUT2D eigenvalue weighted by molar-refractivity contribution is 6.49. The standard InChI is InChI=1S/C17H17NO2/c1-10-11(2)14(9-15(18)12(10)3)17(20)16(19)13-7-5-4-6-8-13/h4-9H,18H2,1-3H3. The van der Waals surface area contributed by atoms with Crippen molar-refractivity contribution in [2.24, 2.45) is 0 Å². The van der Waals surface area contributed by atoms with Crippen molar-refractivity contribution in [1.29, 1.82) is 0 Å². The van der Waals surface area contributed by atoms with Gasteiger partial charge in [0, 0.05) is 16.8 Å². The predicted octanol–water partition coefficient (Wildman–Crippen LogP) is 3.26. The first-order valence-corrected chi connectivity index (χ1v) is 6.43. The van der Waals surface area contributed by atoms with E-state index in [1.54, 1.807) is 36.4 Å². The number of rotatable bonds is 3. The van der Waals surface area contributed by atoms with Crippen LogP contribution in [0.2, 0.25) is 0 Å². The Hall–Kier alpha value is -2.42. The highest BCUT2D eigenvalue weighted by Crippen LogP contribution is 2.24. The van der Waals surface area contributed by atoms with E-state index < -0.39 is 11.6 Å². The van der Waals surface area contributed by atoms with Gasteiger partial charge in [-0.05, 0) is 43.5 Å². The Labute approximate surface area is 118 Å². The van der Waals surface area contributed by atoms with Gasteiger partial charge in [-0.3, -0.25) is 9.59 Å². The average molecular weight is 267 g/mol. The second kappa shape index (κ2) is 5.29. The van der Waals surface area contributed by atoms with Gasteiger partial charge in [0.25, 0.3) is 0 Å². The lowest BCUT2D eigenvalue weighted by molar-refractivity contribution is 0.0816. The van der Waals surface area contributed by atoms with Crippen LogP contribution in [0.4, 0.5) is 5.69 Å². The molecule has 2 N–H and O–H groups in total. The van der Waals surface area contributed by atoms with Crippen LogP contribution >= 0.6 is 0 Å². The molecule has 102 valence electrons. The van der Waals surface area contributed by atoms with Gasteiger partial charge in [-0.25, -0.2) is 0 Å². The Morgan fingerprint density at radius 1 is 0.850 bits per heavy atom. The maximum atomic E-state index is 12.4. The summed E-state index contributed by atoms with van der Waals surface area (Å²) in [6, 6.07) is 10.2. The molecule has 2 rings (SSSR count). The number of carbonyl (C=O) groups is 2. The van der Waals surface area contributed by atoms with Crippen LogP contribution < -0.4 is 5.73 Å². The average Bonchev–Trinajstić information content (AvgIpc) is 2.48. The van der Waals surface area contributed by atoms with Gasteiger partial charge < -0.3 is 5.73 Å². The normalized spacial score (nSPS) is 10.3. The van der Waals surface area contributed by atoms with E-state index in [-0.39, 0.29) is 0 Å². The summed E-state index contributed by atoms with van der Waals surface area (Å²) in [5.74, 6) is -1.01. The molecule has 0 aliphatic carbocycles. The SMILES string of the molecule is Cc1c(N)cc(C(=O)C(=O)c2ccccc2)c(C)c1C. The highest BCUT2D eigenvalue weighted by Gasteiger charge is 2.21. The molecular weight excluding hydrogens is 250 g/mol. The molecule has 0 atom stereocenters. The first-order chi connectivity index (χ1) is 9.43. The van der Waals surface area contributed by atoms with E-state index >= 15 is 0 Å². The van der Waals surface area contributed by atoms with Crippen LogP contribution in [0, 0.1) is 20.8 Å². The van der Waals surface area contributed by atoms with Crippen molar-refractivity contribution < 1.29 is 9.59 Å². The number of hydrogen-bond acceptors (Lipinski definition) is 3. The van der Waals surface area contributed by atoms with Crippen LogP contribution in [0.1, 0.15) is 37.4 Å². The first kappa shape index (κ1) is 14.0. The fraction of sp³-hybridized carbons (Fsp3) is 0.176. The number of Topliss-reactive ketones (excluding diaryl/α,β-unsaturated/α-hetero) is 2. The summed E-state index contributed by atoms with van der Waals surface area (Å²) in [6.45, 7) is 5.66. The van der Waals surface area contributed by atoms with Gasteiger partial charge in [-0.1, -0.05) is 30.3 Å². The number of hydrogen-bond donors (Lipinski definition) is 1. The molecule has 0 amide bonds. The van der Waals surface area contributed by atoms with Crippen LogP contribution in [0.5, 0.6) is 0 Å². The van der Waals surface area contributed by atoms with E-state index in [9.17, 15) is 9.59 Å². The Morgan fingerprint density at radius 2 is 1.45 bits per heavy atom. The smallest absolute Gasteiger partial charge is 0.233 e. The first-order valence-electron chi connectivity index (χ1n) is 6.43. The molecule has 0 heterocycles. The summed E-state index contributed by atoms with van der Waals surface area (Å²) in [5.41, 5.74) is 9.94. The van der Waals surface area contributed by atoms with E-state index in [1.807, 2.05) is 20.8 Å². The lowest BCUT2D eigenvalue weighted by Crippen LogP contribution is -2.17. The fourth-order valence-electron chi connectivity index (χ4n) is 2.15. The van der Waals surface area contributed by atoms with Crippen molar-refractivity contribution in [3.63, 3.8) is 0 Å².